The van der Waals surface area contributed by atoms with E-state index in [0.29, 0.717) is 57.1 Å². The molecule has 0 fully saturated rings. The number of hydrogen-bond donors (Lipinski definition) is 0. The number of carbonyl (C=O) groups excluding carboxylic acids is 4. The van der Waals surface area contributed by atoms with Crippen LogP contribution in [-0.4, -0.2) is 56.5 Å². The molecule has 7 heterocycles. The number of amides is 4. The van der Waals surface area contributed by atoms with Crippen LogP contribution in [-0.2, 0) is 0 Å². The number of thiophene rings is 3. The SMILES string of the molecule is CCCCCCCCCCCCC(CCCCCCCCCC)CN1C(=O)c2cnc3c4c(-c5cc6cc7c(cc6s5)sc5cc6sc(C)cc6cc57)cc5c6c(cnc(c7c(C)cc(c2c37)C1=O)c64)C(=O)N(CC(CCCCCCCCCC)CCCCCCCCCCCC)C5=O. The quantitative estimate of drug-likeness (QED) is 0.0163. The molecule has 2 aliphatic rings. The number of pyridine rings is 2. The van der Waals surface area contributed by atoms with Gasteiger partial charge < -0.3 is 0 Å². The Hall–Kier alpha value is -5.88. The molecule has 0 saturated carbocycles. The summed E-state index contributed by atoms with van der Waals surface area (Å²) in [4.78, 5) is 78.7. The summed E-state index contributed by atoms with van der Waals surface area (Å²) in [5, 5.41) is 9.27. The Labute approximate surface area is 603 Å². The van der Waals surface area contributed by atoms with E-state index in [1.807, 2.05) is 28.7 Å². The van der Waals surface area contributed by atoms with Crippen LogP contribution >= 0.6 is 34.0 Å². The number of benzene rings is 5. The van der Waals surface area contributed by atoms with E-state index in [4.69, 9.17) is 9.97 Å². The highest BCUT2D eigenvalue weighted by atomic mass is 32.1. The van der Waals surface area contributed by atoms with Gasteiger partial charge in [-0.25, -0.2) is 0 Å². The number of imide groups is 2. The van der Waals surface area contributed by atoms with Gasteiger partial charge in [0.1, 0.15) is 0 Å². The lowest BCUT2D eigenvalue weighted by atomic mass is 9.82. The maximum Gasteiger partial charge on any atom is 0.262 e. The van der Waals surface area contributed by atoms with Crippen molar-refractivity contribution in [3.8, 4) is 10.4 Å². The normalized spacial score (nSPS) is 14.2. The van der Waals surface area contributed by atoms with Crippen LogP contribution in [0.15, 0.2) is 60.9 Å². The molecule has 2 unspecified atom stereocenters. The number of unbranched alkanes of at least 4 members (excludes halogenated alkanes) is 32. The molecule has 12 rings (SSSR count). The zero-order valence-electron chi connectivity index (χ0n) is 61.3. The van der Waals surface area contributed by atoms with Crippen molar-refractivity contribution in [3.63, 3.8) is 0 Å². The monoisotopic (exact) mass is 1390 g/mol. The van der Waals surface area contributed by atoms with E-state index < -0.39 is 0 Å². The summed E-state index contributed by atoms with van der Waals surface area (Å²) >= 11 is 5.42. The van der Waals surface area contributed by atoms with Crippen LogP contribution < -0.4 is 0 Å². The number of aromatic nitrogens is 2. The van der Waals surface area contributed by atoms with Crippen LogP contribution in [0, 0.1) is 25.7 Å². The first-order valence-corrected chi connectivity index (χ1v) is 42.5. The van der Waals surface area contributed by atoms with Crippen LogP contribution in [0.5, 0.6) is 0 Å². The second-order valence-electron chi connectivity index (χ2n) is 30.5. The van der Waals surface area contributed by atoms with Crippen molar-refractivity contribution >= 4 is 141 Å². The van der Waals surface area contributed by atoms with Gasteiger partial charge in [-0.1, -0.05) is 259 Å². The molecule has 0 N–H and O–H groups in total. The van der Waals surface area contributed by atoms with Gasteiger partial charge in [-0.3, -0.25) is 38.9 Å². The highest BCUT2D eigenvalue weighted by Crippen LogP contribution is 2.52. The minimum absolute atomic E-state index is 0.200. The fourth-order valence-electron chi connectivity index (χ4n) is 17.2. The first-order valence-electron chi connectivity index (χ1n) is 40.0. The molecule has 5 aromatic carbocycles. The van der Waals surface area contributed by atoms with Gasteiger partial charge in [-0.2, -0.15) is 0 Å². The lowest BCUT2D eigenvalue weighted by Crippen LogP contribution is -2.43. The lowest BCUT2D eigenvalue weighted by molar-refractivity contribution is 0.0562. The summed E-state index contributed by atoms with van der Waals surface area (Å²) in [5.74, 6) is -0.598. The Bertz CT molecular complexity index is 4420. The Balaban J connectivity index is 0.903. The Morgan fingerprint density at radius 1 is 0.323 bits per heavy atom. The average Bonchev–Trinajstić information content (AvgIpc) is 0.793. The van der Waals surface area contributed by atoms with E-state index in [1.54, 1.807) is 33.5 Å². The molecule has 8 nitrogen and oxygen atoms in total. The zero-order valence-corrected chi connectivity index (χ0v) is 63.7. The number of carbonyl (C=O) groups is 4. The highest BCUT2D eigenvalue weighted by molar-refractivity contribution is 7.27. The smallest absolute Gasteiger partial charge is 0.262 e. The molecule has 528 valence electrons. The van der Waals surface area contributed by atoms with Gasteiger partial charge in [-0.15, -0.1) is 34.0 Å². The third-order valence-corrected chi connectivity index (χ3v) is 26.0. The predicted octanol–water partition coefficient (Wildman–Crippen LogP) is 27.7. The topological polar surface area (TPSA) is 101 Å². The van der Waals surface area contributed by atoms with E-state index in [2.05, 4.69) is 84.0 Å². The van der Waals surface area contributed by atoms with E-state index in [-0.39, 0.29) is 35.5 Å². The van der Waals surface area contributed by atoms with Gasteiger partial charge in [0.15, 0.2) is 0 Å². The number of nitrogens with zero attached hydrogens (tertiary/aromatic N) is 4. The molecule has 10 aromatic rings. The highest BCUT2D eigenvalue weighted by Gasteiger charge is 2.40. The lowest BCUT2D eigenvalue weighted by Gasteiger charge is -2.33. The second-order valence-corrected chi connectivity index (χ2v) is 33.9. The third-order valence-electron chi connectivity index (χ3n) is 22.8. The molecule has 0 spiro atoms. The molecule has 0 radical (unpaired) electrons. The summed E-state index contributed by atoms with van der Waals surface area (Å²) in [5.41, 5.74) is 5.00. The van der Waals surface area contributed by atoms with Gasteiger partial charge >= 0.3 is 0 Å². The molecule has 2 atom stereocenters. The average molecular weight is 1390 g/mol. The number of hydrogen-bond acceptors (Lipinski definition) is 9. The minimum atomic E-state index is -0.274. The van der Waals surface area contributed by atoms with Crippen LogP contribution in [0.4, 0.5) is 0 Å². The van der Waals surface area contributed by atoms with Crippen molar-refractivity contribution in [2.75, 3.05) is 13.1 Å². The van der Waals surface area contributed by atoms with Gasteiger partial charge in [-0.05, 0) is 116 Å². The van der Waals surface area contributed by atoms with Gasteiger partial charge in [0.05, 0.1) is 22.2 Å². The molecule has 0 saturated heterocycles. The number of fused-ring (bicyclic) bond motifs is 7. The molecule has 11 heteroatoms. The summed E-state index contributed by atoms with van der Waals surface area (Å²) in [6, 6.07) is 18.1. The zero-order chi connectivity index (χ0) is 68.8. The number of aryl methyl sites for hydroxylation is 2. The van der Waals surface area contributed by atoms with Crippen molar-refractivity contribution in [2.24, 2.45) is 11.8 Å². The van der Waals surface area contributed by atoms with E-state index in [0.717, 1.165) is 99.0 Å². The molecule has 0 aliphatic carbocycles. The van der Waals surface area contributed by atoms with Gasteiger partial charge in [0.2, 0.25) is 0 Å². The van der Waals surface area contributed by atoms with Crippen molar-refractivity contribution in [1.82, 2.24) is 19.8 Å². The second kappa shape index (κ2) is 35.3. The predicted molar refractivity (Wildman–Crippen MR) is 427 cm³/mol. The third kappa shape index (κ3) is 16.6. The van der Waals surface area contributed by atoms with Crippen LogP contribution in [0.3, 0.4) is 0 Å². The Morgan fingerprint density at radius 3 is 1.10 bits per heavy atom. The van der Waals surface area contributed by atoms with Crippen LogP contribution in [0.25, 0.3) is 94.1 Å². The first kappa shape index (κ1) is 72.9. The fourth-order valence-corrected chi connectivity index (χ4v) is 20.5. The molecule has 4 amide bonds. The largest absolute Gasteiger partial charge is 0.274 e. The van der Waals surface area contributed by atoms with Gasteiger partial charge in [0, 0.05) is 114 Å². The Morgan fingerprint density at radius 2 is 0.677 bits per heavy atom. The summed E-state index contributed by atoms with van der Waals surface area (Å²) in [6.07, 6.45) is 52.9. The van der Waals surface area contributed by atoms with E-state index >= 15 is 19.2 Å². The first-order chi connectivity index (χ1) is 48.5. The summed E-state index contributed by atoms with van der Waals surface area (Å²) < 4.78 is 4.99. The summed E-state index contributed by atoms with van der Waals surface area (Å²) in [7, 11) is 0. The van der Waals surface area contributed by atoms with Crippen molar-refractivity contribution in [2.45, 2.75) is 298 Å². The minimum Gasteiger partial charge on any atom is -0.274 e. The molecule has 99 heavy (non-hydrogen) atoms. The van der Waals surface area contributed by atoms with E-state index in [9.17, 15) is 0 Å². The maximum atomic E-state index is 15.9. The van der Waals surface area contributed by atoms with Gasteiger partial charge in [0.25, 0.3) is 23.6 Å². The summed E-state index contributed by atoms with van der Waals surface area (Å²) in [6.45, 7) is 14.2. The van der Waals surface area contributed by atoms with Crippen molar-refractivity contribution in [3.05, 3.63) is 93.6 Å². The molecule has 5 aromatic heterocycles. The maximum absolute atomic E-state index is 15.9. The van der Waals surface area contributed by atoms with Crippen LogP contribution in [0.2, 0.25) is 0 Å². The molecular formula is C88H114N4O4S3. The molecule has 2 aliphatic heterocycles. The number of rotatable bonds is 45. The van der Waals surface area contributed by atoms with Crippen molar-refractivity contribution in [1.29, 1.82) is 0 Å². The fraction of sp³-hybridized carbons (Fsp3) is 0.568. The molecule has 0 bridgehead atoms. The van der Waals surface area contributed by atoms with Crippen molar-refractivity contribution < 1.29 is 19.2 Å². The molecular weight excluding hydrogens is 1270 g/mol. The Kier molecular flexibility index (Phi) is 26.0. The van der Waals surface area contributed by atoms with Crippen LogP contribution in [0.1, 0.15) is 336 Å². The van der Waals surface area contributed by atoms with E-state index in [1.165, 1.54) is 241 Å². The standard InChI is InChI=1S/C88H114N4O4S3/c1-7-11-15-19-23-27-29-33-37-41-44-61(43-39-35-31-25-21-17-13-9-3)57-91-85(93)68-47-59(5)77-81-78(68)70(87(91)95)56-90-84(81)80-67(74-51-64-50-66-65-49-63-48-60(6)97-72(63)53-75(65)99-76(66)54-73(64)98-74)52-69-79-71(55-89-83(77)82(79)80)88(96)92(86(69)94)58-62(45-40-36-32-26-22-18-14-10-4)46-42-38-34-30-28-24-20-16-12-8-2/h47-56,61-62H,7-46,57-58H2,1-6H3.